The highest BCUT2D eigenvalue weighted by molar-refractivity contribution is 7.80. The fourth-order valence-electron chi connectivity index (χ4n) is 1.53. The molecule has 0 aliphatic rings. The van der Waals surface area contributed by atoms with Gasteiger partial charge in [-0.3, -0.25) is 21.0 Å². The summed E-state index contributed by atoms with van der Waals surface area (Å²) in [6.45, 7) is 0. The van der Waals surface area contributed by atoms with Gasteiger partial charge in [0.25, 0.3) is 0 Å². The molecule has 0 radical (unpaired) electrons. The van der Waals surface area contributed by atoms with Crippen molar-refractivity contribution in [3.05, 3.63) is 60.6 Å². The summed E-state index contributed by atoms with van der Waals surface area (Å²) in [5.41, 5.74) is 6.13. The van der Waals surface area contributed by atoms with Crippen molar-refractivity contribution in [1.29, 1.82) is 0 Å². The van der Waals surface area contributed by atoms with E-state index < -0.39 is 0 Å². The van der Waals surface area contributed by atoms with Crippen molar-refractivity contribution in [2.75, 3.05) is 5.32 Å². The molecule has 0 saturated heterocycles. The number of carbonyl (C=O) groups excluding carboxylic acids is 1. The molecule has 1 aromatic heterocycles. The standard InChI is InChI=1S/C15H14N4O2S2/c20-13(9-8-12-7-4-10-21-12)17-15(23)19-18-14(22)16-11-5-2-1-3-6-11/h1-10H,(H2,16,18,22)(H2,17,19,20,23)/b9-8+. The van der Waals surface area contributed by atoms with Crippen LogP contribution in [-0.4, -0.2) is 16.1 Å². The first-order valence-corrected chi connectivity index (χ1v) is 7.40. The molecule has 0 atom stereocenters. The van der Waals surface area contributed by atoms with Crippen LogP contribution in [0.2, 0.25) is 0 Å². The smallest absolute Gasteiger partial charge is 0.250 e. The molecule has 0 fully saturated rings. The Kier molecular flexibility index (Phi) is 6.28. The first-order valence-electron chi connectivity index (χ1n) is 6.58. The number of nitrogens with one attached hydrogen (secondary N) is 4. The number of hydrogen-bond donors (Lipinski definition) is 4. The Hall–Kier alpha value is -2.71. The molecule has 8 heteroatoms. The van der Waals surface area contributed by atoms with E-state index in [0.717, 1.165) is 5.69 Å². The van der Waals surface area contributed by atoms with Gasteiger partial charge >= 0.3 is 0 Å². The van der Waals surface area contributed by atoms with Crippen LogP contribution in [0, 0.1) is 0 Å². The minimum atomic E-state index is -0.386. The van der Waals surface area contributed by atoms with E-state index in [-0.39, 0.29) is 11.0 Å². The first-order chi connectivity index (χ1) is 11.1. The van der Waals surface area contributed by atoms with Crippen LogP contribution in [0.3, 0.4) is 0 Å². The third-order valence-corrected chi connectivity index (χ3v) is 2.91. The molecule has 1 aromatic carbocycles. The fraction of sp³-hybridized carbons (Fsp3) is 0. The number of anilines is 1. The second kappa shape index (κ2) is 8.66. The number of para-hydroxylation sites is 1. The van der Waals surface area contributed by atoms with Crippen molar-refractivity contribution >= 4 is 52.3 Å². The van der Waals surface area contributed by atoms with Gasteiger partial charge in [0.2, 0.25) is 5.91 Å². The normalized spacial score (nSPS) is 10.1. The maximum Gasteiger partial charge on any atom is 0.250 e. The Balaban J connectivity index is 1.70. The highest BCUT2D eigenvalue weighted by atomic mass is 32.1. The van der Waals surface area contributed by atoms with Gasteiger partial charge in [-0.1, -0.05) is 18.2 Å². The van der Waals surface area contributed by atoms with Crippen LogP contribution in [0.15, 0.2) is 59.2 Å². The molecule has 0 aliphatic carbocycles. The molecule has 23 heavy (non-hydrogen) atoms. The molecule has 0 unspecified atom stereocenters. The first kappa shape index (κ1) is 16.7. The van der Waals surface area contributed by atoms with E-state index in [1.165, 1.54) is 18.4 Å². The van der Waals surface area contributed by atoms with Gasteiger partial charge in [0.15, 0.2) is 10.2 Å². The van der Waals surface area contributed by atoms with Crippen molar-refractivity contribution in [1.82, 2.24) is 16.2 Å². The zero-order chi connectivity index (χ0) is 16.5. The van der Waals surface area contributed by atoms with E-state index in [4.69, 9.17) is 28.9 Å². The molecule has 0 saturated carbocycles. The zero-order valence-electron chi connectivity index (χ0n) is 11.9. The number of hydrogen-bond acceptors (Lipinski definition) is 4. The molecule has 2 rings (SSSR count). The number of furan rings is 1. The SMILES string of the molecule is O=C(/C=C/c1ccco1)NC(=S)NNC(=S)Nc1ccccc1. The molecule has 0 spiro atoms. The van der Waals surface area contributed by atoms with Crippen LogP contribution in [0.1, 0.15) is 5.76 Å². The quantitative estimate of drug-likeness (QED) is 0.385. The third-order valence-electron chi connectivity index (χ3n) is 2.50. The molecular weight excluding hydrogens is 332 g/mol. The lowest BCUT2D eigenvalue weighted by Crippen LogP contribution is -2.49. The van der Waals surface area contributed by atoms with Crippen LogP contribution in [0.25, 0.3) is 6.08 Å². The van der Waals surface area contributed by atoms with Crippen LogP contribution in [0.4, 0.5) is 5.69 Å². The number of benzene rings is 1. The van der Waals surface area contributed by atoms with E-state index >= 15 is 0 Å². The molecule has 2 aromatic rings. The van der Waals surface area contributed by atoms with Gasteiger partial charge in [0, 0.05) is 11.8 Å². The predicted molar refractivity (Wildman–Crippen MR) is 97.4 cm³/mol. The Morgan fingerprint density at radius 3 is 2.43 bits per heavy atom. The topological polar surface area (TPSA) is 78.3 Å². The summed E-state index contributed by atoms with van der Waals surface area (Å²) in [4.78, 5) is 11.6. The Morgan fingerprint density at radius 2 is 1.74 bits per heavy atom. The molecule has 0 aliphatic heterocycles. The number of amides is 1. The summed E-state index contributed by atoms with van der Waals surface area (Å²) < 4.78 is 5.07. The Labute approximate surface area is 143 Å². The van der Waals surface area contributed by atoms with Crippen LogP contribution < -0.4 is 21.5 Å². The average Bonchev–Trinajstić information content (AvgIpc) is 3.05. The van der Waals surface area contributed by atoms with Crippen molar-refractivity contribution in [3.63, 3.8) is 0 Å². The van der Waals surface area contributed by atoms with E-state index in [0.29, 0.717) is 10.9 Å². The minimum absolute atomic E-state index is 0.0938. The molecule has 1 amide bonds. The van der Waals surface area contributed by atoms with Gasteiger partial charge in [0.1, 0.15) is 5.76 Å². The van der Waals surface area contributed by atoms with E-state index in [1.807, 2.05) is 30.3 Å². The van der Waals surface area contributed by atoms with E-state index in [1.54, 1.807) is 12.1 Å². The highest BCUT2D eigenvalue weighted by Crippen LogP contribution is 2.04. The lowest BCUT2D eigenvalue weighted by molar-refractivity contribution is -0.115. The summed E-state index contributed by atoms with van der Waals surface area (Å²) in [5, 5.41) is 5.83. The Morgan fingerprint density at radius 1 is 1.00 bits per heavy atom. The van der Waals surface area contributed by atoms with Gasteiger partial charge in [-0.05, 0) is 54.8 Å². The molecule has 0 bridgehead atoms. The largest absolute Gasteiger partial charge is 0.465 e. The maximum absolute atomic E-state index is 11.6. The molecular formula is C15H14N4O2S2. The Bertz CT molecular complexity index is 700. The van der Waals surface area contributed by atoms with Crippen molar-refractivity contribution in [2.45, 2.75) is 0 Å². The van der Waals surface area contributed by atoms with Gasteiger partial charge in [-0.25, -0.2) is 0 Å². The maximum atomic E-state index is 11.6. The molecule has 1 heterocycles. The summed E-state index contributed by atoms with van der Waals surface area (Å²) in [5.74, 6) is 0.188. The summed E-state index contributed by atoms with van der Waals surface area (Å²) in [6, 6.07) is 12.9. The number of thiocarbonyl (C=S) groups is 2. The van der Waals surface area contributed by atoms with Crippen molar-refractivity contribution in [3.8, 4) is 0 Å². The van der Waals surface area contributed by atoms with Gasteiger partial charge in [0.05, 0.1) is 6.26 Å². The van der Waals surface area contributed by atoms with E-state index in [2.05, 4.69) is 21.5 Å². The second-order valence-electron chi connectivity index (χ2n) is 4.24. The fourth-order valence-corrected chi connectivity index (χ4v) is 1.85. The number of carbonyl (C=O) groups is 1. The van der Waals surface area contributed by atoms with Crippen LogP contribution in [-0.2, 0) is 4.79 Å². The van der Waals surface area contributed by atoms with Crippen molar-refractivity contribution in [2.24, 2.45) is 0 Å². The van der Waals surface area contributed by atoms with Crippen molar-refractivity contribution < 1.29 is 9.21 Å². The number of hydrazine groups is 1. The van der Waals surface area contributed by atoms with Crippen LogP contribution >= 0.6 is 24.4 Å². The highest BCUT2D eigenvalue weighted by Gasteiger charge is 2.02. The van der Waals surface area contributed by atoms with Gasteiger partial charge in [-0.15, -0.1) is 0 Å². The predicted octanol–water partition coefficient (Wildman–Crippen LogP) is 2.19. The molecule has 6 nitrogen and oxygen atoms in total. The number of rotatable bonds is 3. The summed E-state index contributed by atoms with van der Waals surface area (Å²) >= 11 is 10.1. The lowest BCUT2D eigenvalue weighted by Gasteiger charge is -2.13. The average molecular weight is 346 g/mol. The molecule has 4 N–H and O–H groups in total. The van der Waals surface area contributed by atoms with Crippen LogP contribution in [0.5, 0.6) is 0 Å². The van der Waals surface area contributed by atoms with E-state index in [9.17, 15) is 4.79 Å². The third kappa shape index (κ3) is 6.29. The molecule has 118 valence electrons. The minimum Gasteiger partial charge on any atom is -0.465 e. The monoisotopic (exact) mass is 346 g/mol. The zero-order valence-corrected chi connectivity index (χ0v) is 13.5. The lowest BCUT2D eigenvalue weighted by atomic mass is 10.3. The second-order valence-corrected chi connectivity index (χ2v) is 5.05. The van der Waals surface area contributed by atoms with Gasteiger partial charge in [-0.2, -0.15) is 0 Å². The van der Waals surface area contributed by atoms with Gasteiger partial charge < -0.3 is 9.73 Å². The summed E-state index contributed by atoms with van der Waals surface area (Å²) in [7, 11) is 0. The summed E-state index contributed by atoms with van der Waals surface area (Å²) in [6.07, 6.45) is 4.37.